The van der Waals surface area contributed by atoms with E-state index < -0.39 is 5.41 Å². The van der Waals surface area contributed by atoms with E-state index in [1.807, 2.05) is 35.2 Å². The van der Waals surface area contributed by atoms with Crippen LogP contribution in [-0.4, -0.2) is 19.6 Å². The molecule has 1 aliphatic rings. The standard InChI is InChI=1S/C20H27NO2/c1-4-6-7-8-14-20(13-5-2)15-16-21(19(20)22)17-9-11-18(23-3)12-10-17/h5,8-12,14H,2,4,6-7,13,15-16H2,1,3H3/b14-8+/t20-/m1/s1. The molecule has 0 radical (unpaired) electrons. The summed E-state index contributed by atoms with van der Waals surface area (Å²) in [6.07, 6.45) is 11.1. The molecule has 0 aliphatic carbocycles. The summed E-state index contributed by atoms with van der Waals surface area (Å²) in [6, 6.07) is 7.68. The van der Waals surface area contributed by atoms with Crippen LogP contribution in [0.15, 0.2) is 49.1 Å². The smallest absolute Gasteiger partial charge is 0.237 e. The van der Waals surface area contributed by atoms with E-state index in [0.29, 0.717) is 6.42 Å². The summed E-state index contributed by atoms with van der Waals surface area (Å²) in [4.78, 5) is 14.9. The van der Waals surface area contributed by atoms with Crippen molar-refractivity contribution in [2.45, 2.75) is 39.0 Å². The maximum Gasteiger partial charge on any atom is 0.237 e. The lowest BCUT2D eigenvalue weighted by molar-refractivity contribution is -0.123. The Balaban J connectivity index is 2.18. The van der Waals surface area contributed by atoms with Crippen LogP contribution in [0.5, 0.6) is 5.75 Å². The highest BCUT2D eigenvalue weighted by atomic mass is 16.5. The van der Waals surface area contributed by atoms with Gasteiger partial charge in [0.1, 0.15) is 5.75 Å². The first kappa shape index (κ1) is 17.3. The lowest BCUT2D eigenvalue weighted by Crippen LogP contribution is -2.33. The van der Waals surface area contributed by atoms with Crippen molar-refractivity contribution in [3.05, 3.63) is 49.1 Å². The van der Waals surface area contributed by atoms with Gasteiger partial charge < -0.3 is 9.64 Å². The molecule has 23 heavy (non-hydrogen) atoms. The van der Waals surface area contributed by atoms with Crippen molar-refractivity contribution in [1.82, 2.24) is 0 Å². The zero-order valence-corrected chi connectivity index (χ0v) is 14.3. The van der Waals surface area contributed by atoms with E-state index in [9.17, 15) is 4.79 Å². The van der Waals surface area contributed by atoms with E-state index in [-0.39, 0.29) is 5.91 Å². The van der Waals surface area contributed by atoms with Crippen molar-refractivity contribution >= 4 is 11.6 Å². The largest absolute Gasteiger partial charge is 0.497 e. The summed E-state index contributed by atoms with van der Waals surface area (Å²) in [5.74, 6) is 0.979. The monoisotopic (exact) mass is 313 g/mol. The Morgan fingerprint density at radius 3 is 2.70 bits per heavy atom. The molecule has 1 amide bonds. The maximum absolute atomic E-state index is 13.0. The number of hydrogen-bond acceptors (Lipinski definition) is 2. The van der Waals surface area contributed by atoms with Gasteiger partial charge in [-0.15, -0.1) is 6.58 Å². The zero-order valence-electron chi connectivity index (χ0n) is 14.3. The maximum atomic E-state index is 13.0. The second kappa shape index (κ2) is 8.00. The third-order valence-corrected chi connectivity index (χ3v) is 4.51. The minimum atomic E-state index is -0.421. The first-order valence-corrected chi connectivity index (χ1v) is 8.41. The molecule has 2 rings (SSSR count). The van der Waals surface area contributed by atoms with Crippen molar-refractivity contribution in [3.8, 4) is 5.75 Å². The van der Waals surface area contributed by atoms with Crippen molar-refractivity contribution < 1.29 is 9.53 Å². The third-order valence-electron chi connectivity index (χ3n) is 4.51. The number of anilines is 1. The van der Waals surface area contributed by atoms with Crippen LogP contribution in [0.1, 0.15) is 39.0 Å². The Bertz CT molecular complexity index is 562. The van der Waals surface area contributed by atoms with E-state index in [1.54, 1.807) is 7.11 Å². The number of carbonyl (C=O) groups excluding carboxylic acids is 1. The number of ether oxygens (including phenoxy) is 1. The number of carbonyl (C=O) groups is 1. The highest BCUT2D eigenvalue weighted by Crippen LogP contribution is 2.40. The van der Waals surface area contributed by atoms with Gasteiger partial charge in [0, 0.05) is 12.2 Å². The molecule has 0 saturated carbocycles. The van der Waals surface area contributed by atoms with E-state index in [1.165, 1.54) is 6.42 Å². The van der Waals surface area contributed by atoms with Crippen molar-refractivity contribution in [3.63, 3.8) is 0 Å². The Morgan fingerprint density at radius 1 is 1.35 bits per heavy atom. The molecule has 1 aromatic carbocycles. The highest BCUT2D eigenvalue weighted by molar-refractivity contribution is 6.01. The SMILES string of the molecule is C=CC[C@@]1(/C=C/CCCC)CCN(c2ccc(OC)cc2)C1=O. The fourth-order valence-electron chi connectivity index (χ4n) is 3.10. The molecule has 1 aromatic rings. The normalized spacial score (nSPS) is 21.1. The molecule has 124 valence electrons. The van der Waals surface area contributed by atoms with Crippen LogP contribution in [0.2, 0.25) is 0 Å². The van der Waals surface area contributed by atoms with Crippen LogP contribution in [0, 0.1) is 5.41 Å². The van der Waals surface area contributed by atoms with E-state index >= 15 is 0 Å². The number of allylic oxidation sites excluding steroid dienone is 2. The number of methoxy groups -OCH3 is 1. The van der Waals surface area contributed by atoms with Gasteiger partial charge in [-0.3, -0.25) is 4.79 Å². The molecule has 1 atom stereocenters. The van der Waals surface area contributed by atoms with Crippen LogP contribution >= 0.6 is 0 Å². The topological polar surface area (TPSA) is 29.5 Å². The van der Waals surface area contributed by atoms with E-state index in [0.717, 1.165) is 37.2 Å². The second-order valence-electron chi connectivity index (χ2n) is 6.10. The van der Waals surface area contributed by atoms with Gasteiger partial charge in [0.25, 0.3) is 0 Å². The molecule has 1 aliphatic heterocycles. The summed E-state index contributed by atoms with van der Waals surface area (Å²) >= 11 is 0. The molecular formula is C20H27NO2. The van der Waals surface area contributed by atoms with Crippen LogP contribution in [0.25, 0.3) is 0 Å². The zero-order chi connectivity index (χ0) is 16.7. The number of rotatable bonds is 8. The van der Waals surface area contributed by atoms with Gasteiger partial charge in [-0.05, 0) is 43.5 Å². The molecule has 3 nitrogen and oxygen atoms in total. The number of nitrogens with zero attached hydrogens (tertiary/aromatic N) is 1. The van der Waals surface area contributed by atoms with Gasteiger partial charge in [0.05, 0.1) is 12.5 Å². The molecule has 0 spiro atoms. The second-order valence-corrected chi connectivity index (χ2v) is 6.10. The van der Waals surface area contributed by atoms with Gasteiger partial charge in [0.2, 0.25) is 5.91 Å². The quantitative estimate of drug-likeness (QED) is 0.512. The number of amides is 1. The lowest BCUT2D eigenvalue weighted by Gasteiger charge is -2.23. The van der Waals surface area contributed by atoms with Crippen LogP contribution in [0.3, 0.4) is 0 Å². The molecule has 1 fully saturated rings. The molecular weight excluding hydrogens is 286 g/mol. The van der Waals surface area contributed by atoms with Gasteiger partial charge in [-0.25, -0.2) is 0 Å². The summed E-state index contributed by atoms with van der Waals surface area (Å²) in [5.41, 5.74) is 0.513. The van der Waals surface area contributed by atoms with Gasteiger partial charge >= 0.3 is 0 Å². The minimum Gasteiger partial charge on any atom is -0.497 e. The molecule has 0 aromatic heterocycles. The third kappa shape index (κ3) is 3.84. The average Bonchev–Trinajstić information content (AvgIpc) is 2.89. The first-order chi connectivity index (χ1) is 11.2. The van der Waals surface area contributed by atoms with Crippen LogP contribution in [-0.2, 0) is 4.79 Å². The van der Waals surface area contributed by atoms with E-state index in [4.69, 9.17) is 4.74 Å². The highest BCUT2D eigenvalue weighted by Gasteiger charge is 2.44. The molecule has 0 unspecified atom stereocenters. The Morgan fingerprint density at radius 2 is 2.09 bits per heavy atom. The average molecular weight is 313 g/mol. The van der Waals surface area contributed by atoms with Gasteiger partial charge in [-0.2, -0.15) is 0 Å². The number of benzene rings is 1. The van der Waals surface area contributed by atoms with Gasteiger partial charge in [0.15, 0.2) is 0 Å². The number of unbranched alkanes of at least 4 members (excludes halogenated alkanes) is 2. The van der Waals surface area contributed by atoms with Crippen LogP contribution in [0.4, 0.5) is 5.69 Å². The summed E-state index contributed by atoms with van der Waals surface area (Å²) < 4.78 is 5.19. The summed E-state index contributed by atoms with van der Waals surface area (Å²) in [5, 5.41) is 0. The molecule has 3 heteroatoms. The molecule has 0 N–H and O–H groups in total. The molecule has 1 heterocycles. The molecule has 0 bridgehead atoms. The Hall–Kier alpha value is -2.03. The fourth-order valence-corrected chi connectivity index (χ4v) is 3.10. The lowest BCUT2D eigenvalue weighted by atomic mass is 9.82. The molecule has 1 saturated heterocycles. The fraction of sp³-hybridized carbons (Fsp3) is 0.450. The summed E-state index contributed by atoms with van der Waals surface area (Å²) in [6.45, 7) is 6.77. The Labute approximate surface area is 139 Å². The predicted octanol–water partition coefficient (Wildman–Crippen LogP) is 4.74. The summed E-state index contributed by atoms with van der Waals surface area (Å²) in [7, 11) is 1.65. The van der Waals surface area contributed by atoms with E-state index in [2.05, 4.69) is 25.7 Å². The Kier molecular flexibility index (Phi) is 6.03. The predicted molar refractivity (Wildman–Crippen MR) is 95.9 cm³/mol. The van der Waals surface area contributed by atoms with Gasteiger partial charge in [-0.1, -0.05) is 38.0 Å². The van der Waals surface area contributed by atoms with Crippen molar-refractivity contribution in [1.29, 1.82) is 0 Å². The number of hydrogen-bond donors (Lipinski definition) is 0. The minimum absolute atomic E-state index is 0.176. The van der Waals surface area contributed by atoms with Crippen molar-refractivity contribution in [2.24, 2.45) is 5.41 Å². The van der Waals surface area contributed by atoms with Crippen LogP contribution < -0.4 is 9.64 Å². The first-order valence-electron chi connectivity index (χ1n) is 8.41. The van der Waals surface area contributed by atoms with Crippen molar-refractivity contribution in [2.75, 3.05) is 18.6 Å².